The van der Waals surface area contributed by atoms with Gasteiger partial charge in [0, 0.05) is 79.4 Å². The van der Waals surface area contributed by atoms with Gasteiger partial charge in [0.1, 0.15) is 6.29 Å². The van der Waals surface area contributed by atoms with E-state index >= 15 is 0 Å². The molecule has 261 valence electrons. The zero-order valence-corrected chi connectivity index (χ0v) is 34.6. The number of nitrogens with zero attached hydrogens (tertiary/aromatic N) is 1. The van der Waals surface area contributed by atoms with Crippen LogP contribution < -0.4 is 34.9 Å². The molecular weight excluding hydrogens is 860 g/mol. The van der Waals surface area contributed by atoms with Gasteiger partial charge >= 0.3 is 41.5 Å². The maximum Gasteiger partial charge on any atom is 1.00 e. The number of nitrogens with one attached hydrogen (secondary N) is 1. The van der Waals surface area contributed by atoms with Gasteiger partial charge in [-0.3, -0.25) is 14.5 Å². The Morgan fingerprint density at radius 3 is 1.48 bits per heavy atom. The van der Waals surface area contributed by atoms with Crippen LogP contribution in [-0.2, 0) is 49.6 Å². The monoisotopic (exact) mass is 905 g/mol. The number of ether oxygens (including phenoxy) is 3. The summed E-state index contributed by atoms with van der Waals surface area (Å²) in [5, 5.41) is 3.16. The molecule has 0 aromatic heterocycles. The van der Waals surface area contributed by atoms with Gasteiger partial charge in [-0.15, -0.1) is 0 Å². The van der Waals surface area contributed by atoms with E-state index < -0.39 is 17.9 Å². The van der Waals surface area contributed by atoms with Gasteiger partial charge in [-0.25, -0.2) is 19.4 Å². The van der Waals surface area contributed by atoms with Crippen molar-refractivity contribution in [2.75, 3.05) is 65.8 Å². The SMILES string of the molecule is C1CCOC1.C1COCCN1.CC(=O)OOC(C)=O.Ic1ccc(CN2CCOCC2)cc1.O=Cc1ccc(I)cc1.[B-]OC(C)=O.[Na+]. The maximum atomic E-state index is 10.1. The van der Waals surface area contributed by atoms with Crippen LogP contribution in [-0.4, -0.2) is 103 Å². The van der Waals surface area contributed by atoms with Crippen molar-refractivity contribution in [3.8, 4) is 0 Å². The van der Waals surface area contributed by atoms with Gasteiger partial charge < -0.3 is 32.2 Å². The third-order valence-electron chi connectivity index (χ3n) is 5.55. The second kappa shape index (κ2) is 34.3. The first-order chi connectivity index (χ1) is 22.6. The minimum Gasteiger partial charge on any atom is -0.793 e. The molecular formula is C32H45BI2N2NaO10. The molecule has 3 heterocycles. The van der Waals surface area contributed by atoms with E-state index in [1.54, 1.807) is 12.1 Å². The number of carbonyl (C=O) groups excluding carboxylic acids is 4. The molecule has 0 atom stereocenters. The summed E-state index contributed by atoms with van der Waals surface area (Å²) in [5.41, 5.74) is 2.13. The zero-order valence-electron chi connectivity index (χ0n) is 28.3. The molecule has 0 bridgehead atoms. The topological polar surface area (TPSA) is 139 Å². The van der Waals surface area contributed by atoms with E-state index in [0.717, 1.165) is 102 Å². The first-order valence-corrected chi connectivity index (χ1v) is 17.1. The van der Waals surface area contributed by atoms with Crippen LogP contribution in [0.2, 0.25) is 0 Å². The largest absolute Gasteiger partial charge is 1.00 e. The summed E-state index contributed by atoms with van der Waals surface area (Å²) in [6, 6.07) is 16.2. The zero-order chi connectivity index (χ0) is 35.1. The number of hydrogen-bond acceptors (Lipinski definition) is 12. The van der Waals surface area contributed by atoms with Crippen molar-refractivity contribution >= 4 is 77.4 Å². The van der Waals surface area contributed by atoms with Crippen molar-refractivity contribution < 1.29 is 77.4 Å². The van der Waals surface area contributed by atoms with Crippen LogP contribution in [0.5, 0.6) is 0 Å². The molecule has 3 aliphatic rings. The summed E-state index contributed by atoms with van der Waals surface area (Å²) in [6.45, 7) is 14.3. The number of benzene rings is 2. The minimum atomic E-state index is -0.639. The minimum absolute atomic E-state index is 0. The molecule has 2 aromatic rings. The first-order valence-electron chi connectivity index (χ1n) is 14.9. The predicted molar refractivity (Wildman–Crippen MR) is 195 cm³/mol. The van der Waals surface area contributed by atoms with E-state index in [-0.39, 0.29) is 29.6 Å². The fraction of sp³-hybridized carbons (Fsp3) is 0.500. The Bertz CT molecular complexity index is 1070. The summed E-state index contributed by atoms with van der Waals surface area (Å²) < 4.78 is 21.3. The Morgan fingerprint density at radius 1 is 0.750 bits per heavy atom. The van der Waals surface area contributed by atoms with Gasteiger partial charge in [0.05, 0.1) is 26.4 Å². The Labute approximate surface area is 334 Å². The fourth-order valence-electron chi connectivity index (χ4n) is 3.29. The normalized spacial score (nSPS) is 14.5. The summed E-state index contributed by atoms with van der Waals surface area (Å²) in [7, 11) is 4.32. The van der Waals surface area contributed by atoms with Crippen molar-refractivity contribution in [3.63, 3.8) is 0 Å². The van der Waals surface area contributed by atoms with Crippen molar-refractivity contribution in [1.82, 2.24) is 10.2 Å². The fourth-order valence-corrected chi connectivity index (χ4v) is 4.01. The number of carbonyl (C=O) groups is 4. The van der Waals surface area contributed by atoms with E-state index in [1.165, 1.54) is 28.9 Å². The van der Waals surface area contributed by atoms with Crippen molar-refractivity contribution in [2.24, 2.45) is 0 Å². The molecule has 3 saturated heterocycles. The second-order valence-corrected chi connectivity index (χ2v) is 12.1. The van der Waals surface area contributed by atoms with E-state index in [0.29, 0.717) is 0 Å². The summed E-state index contributed by atoms with van der Waals surface area (Å²) in [6.07, 6.45) is 3.40. The third-order valence-corrected chi connectivity index (χ3v) is 6.98. The standard InChI is InChI=1S/C11H14INO.C7H5IO.C4H9NO.C4H6O4.C4H8O.C2H3BO2.Na/c12-11-3-1-10(2-4-11)9-13-5-7-14-8-6-13;8-7-3-1-6(5-9)2-4-7;1-3-6-4-2-5-1;1-3(5)7-8-4(2)6;1-2-4-5-3-1;1-2(4)5-3;/h1-4H,5-9H2;1-5H;5H,1-4H2;1-2H3;1-4H2;1H3;/q;;;;;-1;+1. The summed E-state index contributed by atoms with van der Waals surface area (Å²) in [5.74, 6) is -1.74. The summed E-state index contributed by atoms with van der Waals surface area (Å²) in [4.78, 5) is 49.3. The van der Waals surface area contributed by atoms with E-state index in [2.05, 4.69) is 102 Å². The molecule has 12 nitrogen and oxygen atoms in total. The van der Waals surface area contributed by atoms with Crippen LogP contribution in [0, 0.1) is 7.14 Å². The third kappa shape index (κ3) is 33.3. The van der Waals surface area contributed by atoms with Crippen LogP contribution in [0.1, 0.15) is 49.5 Å². The van der Waals surface area contributed by atoms with Crippen LogP contribution in [0.25, 0.3) is 0 Å². The molecule has 3 radical (unpaired) electrons. The van der Waals surface area contributed by atoms with Gasteiger partial charge in [-0.1, -0.05) is 24.3 Å². The molecule has 3 aliphatic heterocycles. The number of halogens is 2. The van der Waals surface area contributed by atoms with Crippen molar-refractivity contribution in [1.29, 1.82) is 0 Å². The molecule has 0 unspecified atom stereocenters. The van der Waals surface area contributed by atoms with Crippen LogP contribution >= 0.6 is 45.2 Å². The number of rotatable bonds is 3. The van der Waals surface area contributed by atoms with E-state index in [1.807, 2.05) is 12.1 Å². The summed E-state index contributed by atoms with van der Waals surface area (Å²) >= 11 is 4.53. The number of morpholine rings is 2. The predicted octanol–water partition coefficient (Wildman–Crippen LogP) is 1.29. The average Bonchev–Trinajstić information content (AvgIpc) is 3.69. The quantitative estimate of drug-likeness (QED) is 0.156. The van der Waals surface area contributed by atoms with Crippen molar-refractivity contribution in [2.45, 2.75) is 40.2 Å². The molecule has 16 heteroatoms. The smallest absolute Gasteiger partial charge is 0.793 e. The Kier molecular flexibility index (Phi) is 35.0. The molecule has 0 aliphatic carbocycles. The molecule has 0 spiro atoms. The molecule has 2 aromatic carbocycles. The molecule has 3 fully saturated rings. The Balaban J connectivity index is 0. The number of hydrogen-bond donors (Lipinski definition) is 1. The van der Waals surface area contributed by atoms with Gasteiger partial charge in [0.2, 0.25) is 5.97 Å². The molecule has 0 saturated carbocycles. The molecule has 0 amide bonds. The van der Waals surface area contributed by atoms with E-state index in [9.17, 15) is 19.2 Å². The van der Waals surface area contributed by atoms with Gasteiger partial charge in [0.15, 0.2) is 0 Å². The Morgan fingerprint density at radius 2 is 1.17 bits per heavy atom. The molecule has 48 heavy (non-hydrogen) atoms. The first kappa shape index (κ1) is 49.0. The molecule has 5 rings (SSSR count). The van der Waals surface area contributed by atoms with Crippen molar-refractivity contribution in [3.05, 3.63) is 66.8 Å². The second-order valence-electron chi connectivity index (χ2n) is 9.63. The number of aldehydes is 1. The van der Waals surface area contributed by atoms with Crippen LogP contribution in [0.4, 0.5) is 0 Å². The average molecular weight is 905 g/mol. The van der Waals surface area contributed by atoms with Crippen LogP contribution in [0.3, 0.4) is 0 Å². The van der Waals surface area contributed by atoms with E-state index in [4.69, 9.17) is 14.2 Å². The Hall–Kier alpha value is -1.16. The van der Waals surface area contributed by atoms with Gasteiger partial charge in [-0.2, -0.15) is 0 Å². The maximum absolute atomic E-state index is 10.1. The van der Waals surface area contributed by atoms with Gasteiger partial charge in [0.25, 0.3) is 0 Å². The molecule has 1 N–H and O–H groups in total. The van der Waals surface area contributed by atoms with Gasteiger partial charge in [-0.05, 0) is 87.9 Å². The van der Waals surface area contributed by atoms with Crippen LogP contribution in [0.15, 0.2) is 48.5 Å².